The topological polar surface area (TPSA) is 75.9 Å². The highest BCUT2D eigenvalue weighted by Crippen LogP contribution is 2.33. The van der Waals surface area contributed by atoms with Crippen LogP contribution < -0.4 is 5.32 Å². The van der Waals surface area contributed by atoms with E-state index in [0.29, 0.717) is 30.0 Å². The van der Waals surface area contributed by atoms with E-state index in [-0.39, 0.29) is 16.5 Å². The van der Waals surface area contributed by atoms with Crippen molar-refractivity contribution in [3.05, 3.63) is 77.3 Å². The number of piperazine rings is 1. The molecule has 0 radical (unpaired) electrons. The van der Waals surface area contributed by atoms with Gasteiger partial charge in [-0.3, -0.25) is 14.8 Å². The van der Waals surface area contributed by atoms with Crippen LogP contribution in [0.3, 0.4) is 0 Å². The molecule has 0 spiro atoms. The first-order valence-corrected chi connectivity index (χ1v) is 11.4. The van der Waals surface area contributed by atoms with Crippen LogP contribution >= 0.6 is 11.6 Å². The van der Waals surface area contributed by atoms with Crippen molar-refractivity contribution < 1.29 is 9.18 Å². The van der Waals surface area contributed by atoms with Gasteiger partial charge in [0.05, 0.1) is 29.0 Å². The molecule has 9 heteroatoms. The van der Waals surface area contributed by atoms with Crippen molar-refractivity contribution in [1.82, 2.24) is 29.7 Å². The molecule has 1 N–H and O–H groups in total. The van der Waals surface area contributed by atoms with Crippen LogP contribution in [0.2, 0.25) is 5.02 Å². The van der Waals surface area contributed by atoms with Gasteiger partial charge in [-0.05, 0) is 43.7 Å². The molecule has 1 saturated heterocycles. The van der Waals surface area contributed by atoms with Crippen molar-refractivity contribution in [3.8, 4) is 11.1 Å². The molecule has 1 fully saturated rings. The Morgan fingerprint density at radius 1 is 1.24 bits per heavy atom. The molecule has 1 aliphatic heterocycles. The number of carbonyl (C=O) groups excluding carboxylic acids is 1. The van der Waals surface area contributed by atoms with E-state index in [1.807, 2.05) is 35.6 Å². The lowest BCUT2D eigenvalue weighted by atomic mass is 9.99. The van der Waals surface area contributed by atoms with Gasteiger partial charge in [0.1, 0.15) is 17.2 Å². The van der Waals surface area contributed by atoms with Gasteiger partial charge in [0.25, 0.3) is 5.91 Å². The number of nitrogens with one attached hydrogen (secondary N) is 1. The van der Waals surface area contributed by atoms with Gasteiger partial charge in [-0.1, -0.05) is 17.7 Å². The summed E-state index contributed by atoms with van der Waals surface area (Å²) in [5, 5.41) is 4.21. The number of carbonyl (C=O) groups is 1. The van der Waals surface area contributed by atoms with Crippen LogP contribution in [0, 0.1) is 5.82 Å². The summed E-state index contributed by atoms with van der Waals surface area (Å²) < 4.78 is 16.2. The van der Waals surface area contributed by atoms with Gasteiger partial charge in [-0.15, -0.1) is 0 Å². The van der Waals surface area contributed by atoms with Crippen molar-refractivity contribution in [2.75, 3.05) is 19.6 Å². The standard InChI is InChI=1S/C25H24ClFN6O/c1-25(2)15-29-9-10-33(25)24(34)22-6-4-18-19(16-3-5-20(26)21(27)11-16)14-32(23(18)31-22)13-17-12-28-7-8-30-17/h3-8,11-12,14,29H,9-10,13,15H2,1-2H3. The number of nitrogens with zero attached hydrogens (tertiary/aromatic N) is 5. The molecule has 0 atom stereocenters. The Kier molecular flexibility index (Phi) is 5.79. The molecule has 4 aromatic rings. The maximum atomic E-state index is 14.2. The fourth-order valence-electron chi connectivity index (χ4n) is 4.38. The molecule has 1 aliphatic rings. The average molecular weight is 479 g/mol. The predicted octanol–water partition coefficient (Wildman–Crippen LogP) is 4.16. The average Bonchev–Trinajstić information content (AvgIpc) is 3.18. The molecule has 34 heavy (non-hydrogen) atoms. The Morgan fingerprint density at radius 2 is 2.09 bits per heavy atom. The highest BCUT2D eigenvalue weighted by molar-refractivity contribution is 6.30. The number of fused-ring (bicyclic) bond motifs is 1. The van der Waals surface area contributed by atoms with Crippen molar-refractivity contribution >= 4 is 28.5 Å². The summed E-state index contributed by atoms with van der Waals surface area (Å²) >= 11 is 5.90. The minimum atomic E-state index is -0.491. The van der Waals surface area contributed by atoms with Crippen molar-refractivity contribution in [3.63, 3.8) is 0 Å². The molecule has 0 unspecified atom stereocenters. The fraction of sp³-hybridized carbons (Fsp3) is 0.280. The highest BCUT2D eigenvalue weighted by Gasteiger charge is 2.34. The summed E-state index contributed by atoms with van der Waals surface area (Å²) in [6.07, 6.45) is 6.83. The highest BCUT2D eigenvalue weighted by atomic mass is 35.5. The van der Waals surface area contributed by atoms with E-state index in [9.17, 15) is 9.18 Å². The molecule has 4 heterocycles. The van der Waals surface area contributed by atoms with Gasteiger partial charge in [-0.2, -0.15) is 0 Å². The molecule has 7 nitrogen and oxygen atoms in total. The Balaban J connectivity index is 1.62. The van der Waals surface area contributed by atoms with E-state index >= 15 is 0 Å². The van der Waals surface area contributed by atoms with Crippen LogP contribution in [0.1, 0.15) is 30.0 Å². The third-order valence-electron chi connectivity index (χ3n) is 6.17. The Hall–Kier alpha value is -3.36. The number of rotatable bonds is 4. The smallest absolute Gasteiger partial charge is 0.273 e. The van der Waals surface area contributed by atoms with Crippen LogP contribution in [0.15, 0.2) is 55.1 Å². The maximum absolute atomic E-state index is 14.2. The summed E-state index contributed by atoms with van der Waals surface area (Å²) in [5.74, 6) is -0.602. The van der Waals surface area contributed by atoms with E-state index in [1.54, 1.807) is 30.7 Å². The summed E-state index contributed by atoms with van der Waals surface area (Å²) in [5.41, 5.74) is 2.89. The second kappa shape index (κ2) is 8.77. The molecule has 5 rings (SSSR count). The Morgan fingerprint density at radius 3 is 2.82 bits per heavy atom. The first-order valence-electron chi connectivity index (χ1n) is 11.1. The van der Waals surface area contributed by atoms with E-state index in [2.05, 4.69) is 15.3 Å². The summed E-state index contributed by atoms with van der Waals surface area (Å²) in [4.78, 5) is 28.6. The van der Waals surface area contributed by atoms with Crippen LogP contribution in [-0.2, 0) is 6.54 Å². The molecule has 3 aromatic heterocycles. The Bertz CT molecular complexity index is 1370. The lowest BCUT2D eigenvalue weighted by Crippen LogP contribution is -2.59. The second-order valence-corrected chi connectivity index (χ2v) is 9.42. The minimum absolute atomic E-state index is 0.0664. The number of aromatic nitrogens is 4. The predicted molar refractivity (Wildman–Crippen MR) is 129 cm³/mol. The number of hydrogen-bond donors (Lipinski definition) is 1. The number of amides is 1. The summed E-state index contributed by atoms with van der Waals surface area (Å²) in [6, 6.07) is 8.34. The zero-order valence-electron chi connectivity index (χ0n) is 18.9. The molecule has 0 saturated carbocycles. The quantitative estimate of drug-likeness (QED) is 0.476. The Labute approximate surface area is 201 Å². The van der Waals surface area contributed by atoms with Crippen molar-refractivity contribution in [2.45, 2.75) is 25.9 Å². The van der Waals surface area contributed by atoms with Crippen LogP contribution in [0.5, 0.6) is 0 Å². The third-order valence-corrected chi connectivity index (χ3v) is 6.47. The van der Waals surface area contributed by atoms with E-state index < -0.39 is 5.82 Å². The first kappa shape index (κ1) is 22.4. The summed E-state index contributed by atoms with van der Waals surface area (Å²) in [6.45, 7) is 6.56. The lowest BCUT2D eigenvalue weighted by Gasteiger charge is -2.42. The molecular weight excluding hydrogens is 455 g/mol. The lowest BCUT2D eigenvalue weighted by molar-refractivity contribution is 0.0472. The SMILES string of the molecule is CC1(C)CNCCN1C(=O)c1ccc2c(-c3ccc(Cl)c(F)c3)cn(Cc3cnccn3)c2n1. The number of benzene rings is 1. The van der Waals surface area contributed by atoms with Gasteiger partial charge in [0.15, 0.2) is 0 Å². The van der Waals surface area contributed by atoms with Gasteiger partial charge < -0.3 is 14.8 Å². The van der Waals surface area contributed by atoms with Crippen LogP contribution in [-0.4, -0.2) is 55.5 Å². The molecule has 0 aliphatic carbocycles. The molecule has 1 amide bonds. The van der Waals surface area contributed by atoms with Crippen molar-refractivity contribution in [2.24, 2.45) is 0 Å². The zero-order chi connectivity index (χ0) is 23.9. The number of halogens is 2. The number of hydrogen-bond acceptors (Lipinski definition) is 5. The van der Waals surface area contributed by atoms with Crippen LogP contribution in [0.25, 0.3) is 22.2 Å². The monoisotopic (exact) mass is 478 g/mol. The van der Waals surface area contributed by atoms with E-state index in [1.165, 1.54) is 12.1 Å². The first-order chi connectivity index (χ1) is 16.3. The van der Waals surface area contributed by atoms with E-state index in [0.717, 1.165) is 29.7 Å². The van der Waals surface area contributed by atoms with E-state index in [4.69, 9.17) is 16.6 Å². The molecular formula is C25H24ClFN6O. The molecule has 1 aromatic carbocycles. The van der Waals surface area contributed by atoms with Crippen LogP contribution in [0.4, 0.5) is 4.39 Å². The fourth-order valence-corrected chi connectivity index (χ4v) is 4.50. The third kappa shape index (κ3) is 4.15. The zero-order valence-corrected chi connectivity index (χ0v) is 19.7. The van der Waals surface area contributed by atoms with Gasteiger partial charge in [-0.25, -0.2) is 9.37 Å². The molecule has 0 bridgehead atoms. The normalized spacial score (nSPS) is 15.6. The minimum Gasteiger partial charge on any atom is -0.330 e. The van der Waals surface area contributed by atoms with Gasteiger partial charge >= 0.3 is 0 Å². The van der Waals surface area contributed by atoms with Crippen molar-refractivity contribution in [1.29, 1.82) is 0 Å². The number of pyridine rings is 1. The second-order valence-electron chi connectivity index (χ2n) is 9.01. The molecule has 174 valence electrons. The summed E-state index contributed by atoms with van der Waals surface area (Å²) in [7, 11) is 0. The van der Waals surface area contributed by atoms with Gasteiger partial charge in [0, 0.05) is 49.2 Å². The maximum Gasteiger partial charge on any atom is 0.273 e. The largest absolute Gasteiger partial charge is 0.330 e. The van der Waals surface area contributed by atoms with Gasteiger partial charge in [0.2, 0.25) is 0 Å².